The van der Waals surface area contributed by atoms with E-state index in [4.69, 9.17) is 16.3 Å². The quantitative estimate of drug-likeness (QED) is 0.781. The molecular weight excluding hydrogens is 364 g/mol. The van der Waals surface area contributed by atoms with Crippen molar-refractivity contribution in [3.05, 3.63) is 28.8 Å². The monoisotopic (exact) mass is 392 g/mol. The Morgan fingerprint density at radius 2 is 2.11 bits per heavy atom. The van der Waals surface area contributed by atoms with Crippen LogP contribution >= 0.6 is 11.6 Å². The summed E-state index contributed by atoms with van der Waals surface area (Å²) in [6, 6.07) is 5.69. The first kappa shape index (κ1) is 20.0. The first-order valence-electron chi connectivity index (χ1n) is 9.99. The fourth-order valence-electron chi connectivity index (χ4n) is 3.92. The van der Waals surface area contributed by atoms with E-state index >= 15 is 0 Å². The number of rotatable bonds is 5. The molecule has 3 atom stereocenters. The lowest BCUT2D eigenvalue weighted by atomic mass is 9.89. The maximum atomic E-state index is 13.2. The molecule has 2 aliphatic rings. The highest BCUT2D eigenvalue weighted by molar-refractivity contribution is 6.30. The number of carbonyl (C=O) groups is 2. The normalized spacial score (nSPS) is 24.7. The number of ether oxygens (including phenoxy) is 1. The summed E-state index contributed by atoms with van der Waals surface area (Å²) in [6.07, 6.45) is 4.36. The van der Waals surface area contributed by atoms with E-state index < -0.39 is 0 Å². The fraction of sp³-hybridized carbons (Fsp3) is 0.619. The summed E-state index contributed by atoms with van der Waals surface area (Å²) in [5.74, 6) is 0.626. The molecule has 1 saturated heterocycles. The molecule has 0 saturated carbocycles. The highest BCUT2D eigenvalue weighted by Gasteiger charge is 2.37. The molecule has 1 fully saturated rings. The van der Waals surface area contributed by atoms with Gasteiger partial charge in [0.1, 0.15) is 12.4 Å². The molecule has 0 radical (unpaired) electrons. The summed E-state index contributed by atoms with van der Waals surface area (Å²) >= 11 is 6.09. The summed E-state index contributed by atoms with van der Waals surface area (Å²) in [5.41, 5.74) is 0.977. The summed E-state index contributed by atoms with van der Waals surface area (Å²) in [5, 5.41) is 3.66. The lowest BCUT2D eigenvalue weighted by molar-refractivity contribution is -0.143. The molecule has 2 amide bonds. The van der Waals surface area contributed by atoms with E-state index in [2.05, 4.69) is 19.2 Å². The number of nitrogens with one attached hydrogen (secondary N) is 1. The van der Waals surface area contributed by atoms with Crippen LogP contribution in [0, 0.1) is 11.8 Å². The van der Waals surface area contributed by atoms with E-state index in [-0.39, 0.29) is 29.7 Å². The minimum absolute atomic E-state index is 0.0742. The van der Waals surface area contributed by atoms with Crippen molar-refractivity contribution < 1.29 is 14.3 Å². The maximum Gasteiger partial charge on any atom is 0.229 e. The second kappa shape index (κ2) is 8.96. The lowest BCUT2D eigenvalue weighted by Crippen LogP contribution is -2.52. The minimum Gasteiger partial charge on any atom is -0.492 e. The predicted octanol–water partition coefficient (Wildman–Crippen LogP) is 3.43. The zero-order valence-electron chi connectivity index (χ0n) is 16.2. The molecule has 5 nitrogen and oxygen atoms in total. The van der Waals surface area contributed by atoms with E-state index in [1.54, 1.807) is 6.07 Å². The van der Waals surface area contributed by atoms with Gasteiger partial charge in [-0.1, -0.05) is 24.9 Å². The summed E-state index contributed by atoms with van der Waals surface area (Å²) in [6.45, 7) is 5.76. The van der Waals surface area contributed by atoms with Crippen LogP contribution in [0.2, 0.25) is 5.02 Å². The third-order valence-corrected chi connectivity index (χ3v) is 5.88. The van der Waals surface area contributed by atoms with Crippen molar-refractivity contribution in [1.82, 2.24) is 10.2 Å². The van der Waals surface area contributed by atoms with Gasteiger partial charge >= 0.3 is 0 Å². The molecule has 27 heavy (non-hydrogen) atoms. The van der Waals surface area contributed by atoms with Crippen LogP contribution in [0.15, 0.2) is 18.2 Å². The van der Waals surface area contributed by atoms with Crippen molar-refractivity contribution in [3.8, 4) is 5.75 Å². The van der Waals surface area contributed by atoms with Gasteiger partial charge in [0.05, 0.1) is 11.8 Å². The Morgan fingerprint density at radius 3 is 2.89 bits per heavy atom. The van der Waals surface area contributed by atoms with Gasteiger partial charge in [0.15, 0.2) is 0 Å². The van der Waals surface area contributed by atoms with Crippen molar-refractivity contribution in [2.45, 2.75) is 52.0 Å². The topological polar surface area (TPSA) is 58.6 Å². The molecule has 1 aromatic rings. The van der Waals surface area contributed by atoms with Crippen molar-refractivity contribution in [2.24, 2.45) is 11.8 Å². The first-order valence-corrected chi connectivity index (χ1v) is 10.4. The number of piperidine rings is 1. The van der Waals surface area contributed by atoms with E-state index in [1.807, 2.05) is 17.0 Å². The third kappa shape index (κ3) is 4.75. The predicted molar refractivity (Wildman–Crippen MR) is 106 cm³/mol. The van der Waals surface area contributed by atoms with Crippen molar-refractivity contribution in [2.75, 3.05) is 19.7 Å². The Labute approximate surface area is 166 Å². The minimum atomic E-state index is -0.222. The Morgan fingerprint density at radius 1 is 1.30 bits per heavy atom. The van der Waals surface area contributed by atoms with E-state index in [0.717, 1.165) is 37.0 Å². The number of hydrogen-bond donors (Lipinski definition) is 1. The Bertz CT molecular complexity index is 694. The zero-order valence-corrected chi connectivity index (χ0v) is 16.9. The summed E-state index contributed by atoms with van der Waals surface area (Å²) in [4.78, 5) is 27.5. The van der Waals surface area contributed by atoms with Gasteiger partial charge in [0, 0.05) is 24.2 Å². The third-order valence-electron chi connectivity index (χ3n) is 5.64. The van der Waals surface area contributed by atoms with Crippen molar-refractivity contribution >= 4 is 23.4 Å². The van der Waals surface area contributed by atoms with Crippen LogP contribution < -0.4 is 10.1 Å². The number of halogens is 1. The molecule has 1 aromatic carbocycles. The number of hydrogen-bond acceptors (Lipinski definition) is 3. The molecule has 0 bridgehead atoms. The average Bonchev–Trinajstić information content (AvgIpc) is 2.67. The molecule has 0 aliphatic carbocycles. The van der Waals surface area contributed by atoms with Crippen LogP contribution in [0.1, 0.15) is 45.1 Å². The van der Waals surface area contributed by atoms with Gasteiger partial charge in [-0.05, 0) is 56.4 Å². The molecule has 3 rings (SSSR count). The van der Waals surface area contributed by atoms with Gasteiger partial charge in [-0.2, -0.15) is 0 Å². The van der Waals surface area contributed by atoms with Gasteiger partial charge in [-0.25, -0.2) is 0 Å². The van der Waals surface area contributed by atoms with Crippen LogP contribution in [0.25, 0.3) is 0 Å². The number of amides is 2. The standard InChI is InChI=1S/C21H29ClN2O3/c1-3-4-9-23-20(25)15-6-5-14(2)24(12-15)21(26)17-10-16-11-18(22)7-8-19(16)27-13-17/h7-8,11,14-15,17H,3-6,9-10,12-13H2,1-2H3,(H,23,25). The van der Waals surface area contributed by atoms with E-state index in [9.17, 15) is 9.59 Å². The van der Waals surface area contributed by atoms with Gasteiger partial charge < -0.3 is 15.0 Å². The molecular formula is C21H29ClN2O3. The van der Waals surface area contributed by atoms with E-state index in [0.29, 0.717) is 31.1 Å². The maximum absolute atomic E-state index is 13.2. The molecule has 0 aromatic heterocycles. The molecule has 0 spiro atoms. The van der Waals surface area contributed by atoms with E-state index in [1.165, 1.54) is 0 Å². The fourth-order valence-corrected chi connectivity index (χ4v) is 4.11. The van der Waals surface area contributed by atoms with Crippen LogP contribution in [0.5, 0.6) is 5.75 Å². The highest BCUT2D eigenvalue weighted by Crippen LogP contribution is 2.32. The number of benzene rings is 1. The van der Waals surface area contributed by atoms with Crippen LogP contribution in [0.3, 0.4) is 0 Å². The largest absolute Gasteiger partial charge is 0.492 e. The van der Waals surface area contributed by atoms with Gasteiger partial charge in [-0.15, -0.1) is 0 Å². The Kier molecular flexibility index (Phi) is 6.64. The average molecular weight is 393 g/mol. The highest BCUT2D eigenvalue weighted by atomic mass is 35.5. The SMILES string of the molecule is CCCCNC(=O)C1CCC(C)N(C(=O)C2COc3ccc(Cl)cc3C2)C1. The second-order valence-electron chi connectivity index (χ2n) is 7.72. The van der Waals surface area contributed by atoms with Crippen LogP contribution in [-0.2, 0) is 16.0 Å². The Balaban J connectivity index is 1.63. The van der Waals surface area contributed by atoms with Crippen molar-refractivity contribution in [1.29, 1.82) is 0 Å². The first-order chi connectivity index (χ1) is 13.0. The van der Waals surface area contributed by atoms with Crippen LogP contribution in [-0.4, -0.2) is 42.5 Å². The van der Waals surface area contributed by atoms with Crippen LogP contribution in [0.4, 0.5) is 0 Å². The number of nitrogens with zero attached hydrogens (tertiary/aromatic N) is 1. The van der Waals surface area contributed by atoms with Gasteiger partial charge in [0.25, 0.3) is 0 Å². The molecule has 2 aliphatic heterocycles. The van der Waals surface area contributed by atoms with Gasteiger partial charge in [0.2, 0.25) is 11.8 Å². The smallest absolute Gasteiger partial charge is 0.229 e. The number of carbonyl (C=O) groups excluding carboxylic acids is 2. The molecule has 148 valence electrons. The second-order valence-corrected chi connectivity index (χ2v) is 8.16. The van der Waals surface area contributed by atoms with Crippen molar-refractivity contribution in [3.63, 3.8) is 0 Å². The number of likely N-dealkylation sites (tertiary alicyclic amines) is 1. The zero-order chi connectivity index (χ0) is 19.4. The summed E-state index contributed by atoms with van der Waals surface area (Å²) in [7, 11) is 0. The Hall–Kier alpha value is -1.75. The lowest BCUT2D eigenvalue weighted by Gasteiger charge is -2.40. The molecule has 1 N–H and O–H groups in total. The number of fused-ring (bicyclic) bond motifs is 1. The number of unbranched alkanes of at least 4 members (excludes halogenated alkanes) is 1. The van der Waals surface area contributed by atoms with Gasteiger partial charge in [-0.3, -0.25) is 9.59 Å². The molecule has 3 unspecified atom stereocenters. The molecule has 2 heterocycles. The molecule has 6 heteroatoms. The summed E-state index contributed by atoms with van der Waals surface area (Å²) < 4.78 is 5.79.